The number of nitrogens with one attached hydrogen (secondary N) is 1. The van der Waals surface area contributed by atoms with E-state index in [9.17, 15) is 14.9 Å². The average molecular weight is 428 g/mol. The van der Waals surface area contributed by atoms with Crippen LogP contribution in [0.2, 0.25) is 0 Å². The van der Waals surface area contributed by atoms with Crippen molar-refractivity contribution in [1.82, 2.24) is 10.3 Å². The molecule has 1 amide bonds. The molecule has 2 aromatic carbocycles. The van der Waals surface area contributed by atoms with Crippen LogP contribution in [0.5, 0.6) is 5.75 Å². The Morgan fingerprint density at radius 3 is 2.93 bits per heavy atom. The first-order chi connectivity index (χ1) is 14.0. The zero-order chi connectivity index (χ0) is 20.4. The van der Waals surface area contributed by atoms with Crippen LogP contribution in [0.3, 0.4) is 0 Å². The lowest BCUT2D eigenvalue weighted by Gasteiger charge is -2.26. The predicted octanol–water partition coefficient (Wildman–Crippen LogP) is 4.76. The summed E-state index contributed by atoms with van der Waals surface area (Å²) in [7, 11) is 0. The fraction of sp³-hybridized carbons (Fsp3) is 0.200. The second-order valence-electron chi connectivity index (χ2n) is 6.50. The summed E-state index contributed by atoms with van der Waals surface area (Å²) in [5.74, 6) is 0.400. The number of hydrogen-bond acceptors (Lipinski definition) is 7. The molecule has 0 radical (unpaired) electrons. The molecule has 1 atom stereocenters. The number of carbonyl (C=O) groups excluding carboxylic acids is 1. The van der Waals surface area contributed by atoms with Crippen molar-refractivity contribution >= 4 is 34.7 Å². The van der Waals surface area contributed by atoms with Crippen molar-refractivity contribution in [2.75, 3.05) is 6.61 Å². The van der Waals surface area contributed by atoms with Crippen molar-refractivity contribution < 1.29 is 14.5 Å². The highest BCUT2D eigenvalue weighted by atomic mass is 32.2. The molecule has 4 rings (SSSR count). The van der Waals surface area contributed by atoms with Gasteiger partial charge in [-0.2, -0.15) is 0 Å². The zero-order valence-electron chi connectivity index (χ0n) is 15.5. The first-order valence-corrected chi connectivity index (χ1v) is 10.6. The van der Waals surface area contributed by atoms with Gasteiger partial charge in [-0.25, -0.2) is 4.98 Å². The van der Waals surface area contributed by atoms with Crippen molar-refractivity contribution in [3.63, 3.8) is 0 Å². The number of amides is 1. The van der Waals surface area contributed by atoms with Gasteiger partial charge in [-0.15, -0.1) is 11.3 Å². The molecular formula is C20H17N3O4S2. The van der Waals surface area contributed by atoms with Crippen LogP contribution >= 0.6 is 23.1 Å². The summed E-state index contributed by atoms with van der Waals surface area (Å²) >= 11 is 2.66. The van der Waals surface area contributed by atoms with Crippen LogP contribution in [-0.4, -0.2) is 22.4 Å². The van der Waals surface area contributed by atoms with Crippen molar-refractivity contribution in [3.05, 3.63) is 74.8 Å². The molecule has 1 aliphatic heterocycles. The van der Waals surface area contributed by atoms with Gasteiger partial charge in [0.15, 0.2) is 4.34 Å². The topological polar surface area (TPSA) is 94.4 Å². The number of para-hydroxylation sites is 1. The van der Waals surface area contributed by atoms with Gasteiger partial charge < -0.3 is 10.1 Å². The lowest BCUT2D eigenvalue weighted by atomic mass is 10.00. The number of aryl methyl sites for hydroxylation is 1. The lowest BCUT2D eigenvalue weighted by Crippen LogP contribution is -2.32. The van der Waals surface area contributed by atoms with Gasteiger partial charge in [0.05, 0.1) is 22.5 Å². The van der Waals surface area contributed by atoms with E-state index in [0.29, 0.717) is 17.9 Å². The molecule has 7 nitrogen and oxygen atoms in total. The monoisotopic (exact) mass is 427 g/mol. The zero-order valence-corrected chi connectivity index (χ0v) is 17.1. The molecule has 9 heteroatoms. The molecule has 3 aromatic rings. The van der Waals surface area contributed by atoms with Gasteiger partial charge in [-0.1, -0.05) is 30.0 Å². The smallest absolute Gasteiger partial charge is 0.284 e. The van der Waals surface area contributed by atoms with Crippen LogP contribution in [0.25, 0.3) is 0 Å². The predicted molar refractivity (Wildman–Crippen MR) is 111 cm³/mol. The molecule has 0 bridgehead atoms. The maximum atomic E-state index is 12.8. The van der Waals surface area contributed by atoms with Gasteiger partial charge in [-0.05, 0) is 25.1 Å². The normalized spacial score (nSPS) is 15.3. The van der Waals surface area contributed by atoms with Crippen LogP contribution in [0, 0.1) is 17.0 Å². The van der Waals surface area contributed by atoms with Gasteiger partial charge in [0, 0.05) is 34.7 Å². The SMILES string of the molecule is Cc1csc(Sc2ccc(C(=O)N[C@H]3CCOc4ccccc43)cc2[N+](=O)[O-])n1. The van der Waals surface area contributed by atoms with Gasteiger partial charge >= 0.3 is 0 Å². The minimum absolute atomic E-state index is 0.108. The molecule has 1 aromatic heterocycles. The number of nitro benzene ring substituents is 1. The summed E-state index contributed by atoms with van der Waals surface area (Å²) < 4.78 is 6.34. The van der Waals surface area contributed by atoms with E-state index in [2.05, 4.69) is 10.3 Å². The minimum Gasteiger partial charge on any atom is -0.493 e. The van der Waals surface area contributed by atoms with Gasteiger partial charge in [-0.3, -0.25) is 14.9 Å². The molecule has 0 saturated carbocycles. The van der Waals surface area contributed by atoms with Crippen LogP contribution in [-0.2, 0) is 0 Å². The van der Waals surface area contributed by atoms with E-state index in [0.717, 1.165) is 21.3 Å². The van der Waals surface area contributed by atoms with E-state index in [4.69, 9.17) is 4.74 Å². The number of thiazole rings is 1. The van der Waals surface area contributed by atoms with Crippen molar-refractivity contribution in [1.29, 1.82) is 0 Å². The standard InChI is InChI=1S/C20H17N3O4S2/c1-12-11-28-20(21-12)29-18-7-6-13(10-16(18)23(25)26)19(24)22-15-8-9-27-17-5-3-2-4-14(15)17/h2-7,10-11,15H,8-9H2,1H3,(H,22,24)/t15-/m0/s1. The average Bonchev–Trinajstić information content (AvgIpc) is 3.13. The van der Waals surface area contributed by atoms with E-state index in [-0.39, 0.29) is 23.2 Å². The van der Waals surface area contributed by atoms with Gasteiger partial charge in [0.25, 0.3) is 11.6 Å². The summed E-state index contributed by atoms with van der Waals surface area (Å²) in [6.45, 7) is 2.38. The number of rotatable bonds is 5. The summed E-state index contributed by atoms with van der Waals surface area (Å²) in [4.78, 5) is 28.7. The van der Waals surface area contributed by atoms with Gasteiger partial charge in [0.2, 0.25) is 0 Å². The van der Waals surface area contributed by atoms with E-state index in [1.807, 2.05) is 36.6 Å². The summed E-state index contributed by atoms with van der Waals surface area (Å²) in [6, 6.07) is 11.9. The van der Waals surface area contributed by atoms with Crippen molar-refractivity contribution in [3.8, 4) is 5.75 Å². The Kier molecular flexibility index (Phi) is 5.50. The largest absolute Gasteiger partial charge is 0.493 e. The summed E-state index contributed by atoms with van der Waals surface area (Å²) in [5.41, 5.74) is 1.92. The third-order valence-corrected chi connectivity index (χ3v) is 6.60. The van der Waals surface area contributed by atoms with E-state index >= 15 is 0 Å². The Morgan fingerprint density at radius 1 is 1.34 bits per heavy atom. The highest BCUT2D eigenvalue weighted by Gasteiger charge is 2.25. The van der Waals surface area contributed by atoms with Crippen LogP contribution < -0.4 is 10.1 Å². The molecule has 29 heavy (non-hydrogen) atoms. The Morgan fingerprint density at radius 2 is 2.17 bits per heavy atom. The number of fused-ring (bicyclic) bond motifs is 1. The number of nitro groups is 1. The summed E-state index contributed by atoms with van der Waals surface area (Å²) in [5, 5.41) is 16.4. The number of aromatic nitrogens is 1. The second-order valence-corrected chi connectivity index (χ2v) is 8.64. The third-order valence-electron chi connectivity index (χ3n) is 4.48. The van der Waals surface area contributed by atoms with Crippen molar-refractivity contribution in [2.45, 2.75) is 28.6 Å². The molecule has 148 valence electrons. The second kappa shape index (κ2) is 8.22. The Bertz CT molecular complexity index is 1080. The molecule has 0 fully saturated rings. The Balaban J connectivity index is 1.56. The minimum atomic E-state index is -0.469. The first kappa shape index (κ1) is 19.4. The molecule has 0 spiro atoms. The van der Waals surface area contributed by atoms with E-state index < -0.39 is 4.92 Å². The quantitative estimate of drug-likeness (QED) is 0.466. The molecule has 0 aliphatic carbocycles. The Hall–Kier alpha value is -2.91. The molecule has 2 heterocycles. The maximum Gasteiger partial charge on any atom is 0.284 e. The van der Waals surface area contributed by atoms with Crippen LogP contribution in [0.15, 0.2) is 57.1 Å². The maximum absolute atomic E-state index is 12.8. The Labute approximate surface area is 175 Å². The molecule has 0 saturated heterocycles. The molecule has 1 N–H and O–H groups in total. The molecule has 0 unspecified atom stereocenters. The van der Waals surface area contributed by atoms with E-state index in [1.165, 1.54) is 29.2 Å². The van der Waals surface area contributed by atoms with Crippen molar-refractivity contribution in [2.24, 2.45) is 0 Å². The summed E-state index contributed by atoms with van der Waals surface area (Å²) in [6.07, 6.45) is 0.641. The van der Waals surface area contributed by atoms with Crippen LogP contribution in [0.4, 0.5) is 5.69 Å². The first-order valence-electron chi connectivity index (χ1n) is 8.92. The third kappa shape index (κ3) is 4.25. The van der Waals surface area contributed by atoms with E-state index in [1.54, 1.807) is 12.1 Å². The molecular weight excluding hydrogens is 410 g/mol. The number of ether oxygens (including phenoxy) is 1. The fourth-order valence-corrected chi connectivity index (χ4v) is 4.97. The number of benzene rings is 2. The lowest BCUT2D eigenvalue weighted by molar-refractivity contribution is -0.387. The van der Waals surface area contributed by atoms with Crippen LogP contribution in [0.1, 0.15) is 34.1 Å². The number of hydrogen-bond donors (Lipinski definition) is 1. The highest BCUT2D eigenvalue weighted by Crippen LogP contribution is 2.37. The van der Waals surface area contributed by atoms with Gasteiger partial charge in [0.1, 0.15) is 5.75 Å². The molecule has 1 aliphatic rings. The number of nitrogens with zero attached hydrogens (tertiary/aromatic N) is 2. The highest BCUT2D eigenvalue weighted by molar-refractivity contribution is 8.01. The number of carbonyl (C=O) groups is 1. The fourth-order valence-electron chi connectivity index (χ4n) is 3.09.